The highest BCUT2D eigenvalue weighted by Crippen LogP contribution is 2.39. The summed E-state index contributed by atoms with van der Waals surface area (Å²) in [5, 5.41) is 4.20. The van der Waals surface area contributed by atoms with E-state index in [1.807, 2.05) is 36.5 Å². The third-order valence-corrected chi connectivity index (χ3v) is 5.75. The van der Waals surface area contributed by atoms with E-state index in [1.165, 1.54) is 0 Å². The Hall–Kier alpha value is -2.22. The number of rotatable bonds is 6. The molecule has 0 aliphatic carbocycles. The molecule has 1 aromatic carbocycles. The number of hydrogen-bond acceptors (Lipinski definition) is 3. The number of nitrogens with one attached hydrogen (secondary N) is 1. The zero-order valence-corrected chi connectivity index (χ0v) is 17.9. The first-order chi connectivity index (χ1) is 13.7. The second-order valence-electron chi connectivity index (χ2n) is 6.60. The zero-order valence-electron chi connectivity index (χ0n) is 15.5. The molecule has 2 atom stereocenters. The van der Waals surface area contributed by atoms with Crippen molar-refractivity contribution >= 4 is 33.3 Å². The molecule has 0 saturated carbocycles. The second-order valence-corrected chi connectivity index (χ2v) is 7.90. The topological polar surface area (TPSA) is 42.3 Å². The second kappa shape index (κ2) is 8.43. The lowest BCUT2D eigenvalue weighted by molar-refractivity contribution is 0.163. The third-order valence-electron chi connectivity index (χ3n) is 4.90. The Balaban J connectivity index is 1.79. The molecule has 5 nitrogen and oxygen atoms in total. The number of ether oxygens (including phenoxy) is 1. The van der Waals surface area contributed by atoms with Gasteiger partial charge in [-0.25, -0.2) is 0 Å². The maximum atomic E-state index is 5.68. The van der Waals surface area contributed by atoms with Crippen LogP contribution >= 0.6 is 28.1 Å². The Kier molecular flexibility index (Phi) is 5.75. The van der Waals surface area contributed by atoms with Gasteiger partial charge in [0.2, 0.25) is 0 Å². The first-order valence-electron chi connectivity index (χ1n) is 9.09. The smallest absolute Gasteiger partial charge is 0.170 e. The van der Waals surface area contributed by atoms with Crippen LogP contribution < -0.4 is 5.32 Å². The molecular weight excluding hydrogens is 436 g/mol. The van der Waals surface area contributed by atoms with E-state index in [1.54, 1.807) is 7.11 Å². The van der Waals surface area contributed by atoms with Gasteiger partial charge in [0.05, 0.1) is 24.4 Å². The highest BCUT2D eigenvalue weighted by atomic mass is 79.9. The molecule has 0 bridgehead atoms. The van der Waals surface area contributed by atoms with Crippen molar-refractivity contribution in [3.8, 4) is 5.69 Å². The lowest BCUT2D eigenvalue weighted by atomic mass is 10.0. The first-order valence-corrected chi connectivity index (χ1v) is 10.3. The summed E-state index contributed by atoms with van der Waals surface area (Å²) in [6.07, 6.45) is 3.91. The summed E-state index contributed by atoms with van der Waals surface area (Å²) in [5.41, 5.74) is 3.22. The fourth-order valence-corrected chi connectivity index (χ4v) is 4.37. The summed E-state index contributed by atoms with van der Waals surface area (Å²) in [6.45, 7) is 1.31. The molecule has 0 amide bonds. The molecule has 2 aromatic heterocycles. The van der Waals surface area contributed by atoms with E-state index in [4.69, 9.17) is 17.0 Å². The number of pyridine rings is 1. The molecule has 3 heterocycles. The van der Waals surface area contributed by atoms with Crippen LogP contribution in [0.4, 0.5) is 0 Å². The molecule has 1 aliphatic heterocycles. The lowest BCUT2D eigenvalue weighted by Gasteiger charge is -2.28. The van der Waals surface area contributed by atoms with Crippen molar-refractivity contribution in [1.82, 2.24) is 19.8 Å². The van der Waals surface area contributed by atoms with Gasteiger partial charge in [-0.1, -0.05) is 28.1 Å². The summed E-state index contributed by atoms with van der Waals surface area (Å²) < 4.78 is 8.58. The lowest BCUT2D eigenvalue weighted by Crippen LogP contribution is -2.33. The van der Waals surface area contributed by atoms with Gasteiger partial charge in [0.15, 0.2) is 5.11 Å². The van der Waals surface area contributed by atoms with Gasteiger partial charge in [-0.2, -0.15) is 0 Å². The molecule has 0 radical (unpaired) electrons. The van der Waals surface area contributed by atoms with Gasteiger partial charge in [-0.3, -0.25) is 4.98 Å². The molecule has 0 spiro atoms. The number of thiocarbonyl (C=S) groups is 1. The molecular formula is C21H21BrN4OS. The molecule has 7 heteroatoms. The average Bonchev–Trinajstić information content (AvgIpc) is 3.31. The van der Waals surface area contributed by atoms with E-state index in [0.29, 0.717) is 13.2 Å². The summed E-state index contributed by atoms with van der Waals surface area (Å²) in [7, 11) is 1.71. The SMILES string of the molecule is COCCN1C(=S)NC(c2ccccn2)C1c1cccn1-c1cccc(Br)c1. The third kappa shape index (κ3) is 3.70. The monoisotopic (exact) mass is 456 g/mol. The van der Waals surface area contributed by atoms with Crippen LogP contribution in [0.2, 0.25) is 0 Å². The molecule has 1 aliphatic rings. The number of methoxy groups -OCH3 is 1. The van der Waals surface area contributed by atoms with E-state index in [-0.39, 0.29) is 12.1 Å². The minimum absolute atomic E-state index is 0.00605. The fourth-order valence-electron chi connectivity index (χ4n) is 3.65. The minimum Gasteiger partial charge on any atom is -0.383 e. The predicted octanol–water partition coefficient (Wildman–Crippen LogP) is 4.25. The van der Waals surface area contributed by atoms with Crippen LogP contribution in [0, 0.1) is 0 Å². The molecule has 144 valence electrons. The molecule has 1 fully saturated rings. The van der Waals surface area contributed by atoms with E-state index in [0.717, 1.165) is 26.7 Å². The molecule has 3 aromatic rings. The van der Waals surface area contributed by atoms with Crippen LogP contribution in [0.25, 0.3) is 5.69 Å². The predicted molar refractivity (Wildman–Crippen MR) is 118 cm³/mol. The van der Waals surface area contributed by atoms with Gasteiger partial charge in [0.25, 0.3) is 0 Å². The standard InChI is InChI=1S/C21H21BrN4OS/c1-27-13-12-26-20(19(24-21(26)28)17-8-2-3-10-23-17)18-9-5-11-25(18)16-7-4-6-15(22)14-16/h2-11,14,19-20H,12-13H2,1H3,(H,24,28). The molecule has 28 heavy (non-hydrogen) atoms. The van der Waals surface area contributed by atoms with E-state index < -0.39 is 0 Å². The number of halogens is 1. The maximum absolute atomic E-state index is 5.68. The fraction of sp³-hybridized carbons (Fsp3) is 0.238. The van der Waals surface area contributed by atoms with Crippen LogP contribution in [0.1, 0.15) is 23.5 Å². The number of aromatic nitrogens is 2. The minimum atomic E-state index is -0.0358. The maximum Gasteiger partial charge on any atom is 0.170 e. The highest BCUT2D eigenvalue weighted by Gasteiger charge is 2.40. The van der Waals surface area contributed by atoms with Gasteiger partial charge >= 0.3 is 0 Å². The van der Waals surface area contributed by atoms with E-state index >= 15 is 0 Å². The molecule has 1 saturated heterocycles. The van der Waals surface area contributed by atoms with Crippen molar-refractivity contribution < 1.29 is 4.74 Å². The van der Waals surface area contributed by atoms with Crippen molar-refractivity contribution in [2.45, 2.75) is 12.1 Å². The summed E-state index contributed by atoms with van der Waals surface area (Å²) >= 11 is 9.25. The molecule has 1 N–H and O–H groups in total. The normalized spacial score (nSPS) is 19.1. The quantitative estimate of drug-likeness (QED) is 0.561. The van der Waals surface area contributed by atoms with Crippen molar-refractivity contribution in [3.63, 3.8) is 0 Å². The summed E-state index contributed by atoms with van der Waals surface area (Å²) in [4.78, 5) is 6.79. The van der Waals surface area contributed by atoms with Crippen LogP contribution in [0.3, 0.4) is 0 Å². The first kappa shape index (κ1) is 19.1. The Bertz CT molecular complexity index is 962. The Morgan fingerprint density at radius 3 is 2.82 bits per heavy atom. The number of benzene rings is 1. The van der Waals surface area contributed by atoms with Crippen molar-refractivity contribution in [2.75, 3.05) is 20.3 Å². The molecule has 2 unspecified atom stereocenters. The summed E-state index contributed by atoms with van der Waals surface area (Å²) in [5.74, 6) is 0. The van der Waals surface area contributed by atoms with Gasteiger partial charge in [0, 0.05) is 41.9 Å². The van der Waals surface area contributed by atoms with Gasteiger partial charge in [-0.15, -0.1) is 0 Å². The van der Waals surface area contributed by atoms with Crippen LogP contribution in [0.5, 0.6) is 0 Å². The zero-order chi connectivity index (χ0) is 19.5. The summed E-state index contributed by atoms with van der Waals surface area (Å²) in [6, 6.07) is 18.5. The Morgan fingerprint density at radius 1 is 1.18 bits per heavy atom. The van der Waals surface area contributed by atoms with E-state index in [9.17, 15) is 0 Å². The van der Waals surface area contributed by atoms with Crippen molar-refractivity contribution in [1.29, 1.82) is 0 Å². The largest absolute Gasteiger partial charge is 0.383 e. The van der Waals surface area contributed by atoms with Crippen LogP contribution in [0.15, 0.2) is 71.5 Å². The Morgan fingerprint density at radius 2 is 2.07 bits per heavy atom. The highest BCUT2D eigenvalue weighted by molar-refractivity contribution is 9.10. The van der Waals surface area contributed by atoms with Gasteiger partial charge in [-0.05, 0) is 54.7 Å². The van der Waals surface area contributed by atoms with Crippen LogP contribution in [-0.2, 0) is 4.74 Å². The van der Waals surface area contributed by atoms with Crippen molar-refractivity contribution in [3.05, 3.63) is 82.9 Å². The van der Waals surface area contributed by atoms with Gasteiger partial charge in [0.1, 0.15) is 0 Å². The molecule has 4 rings (SSSR count). The van der Waals surface area contributed by atoms with Crippen molar-refractivity contribution in [2.24, 2.45) is 0 Å². The van der Waals surface area contributed by atoms with Gasteiger partial charge < -0.3 is 19.5 Å². The average molecular weight is 457 g/mol. The number of hydrogen-bond donors (Lipinski definition) is 1. The van der Waals surface area contributed by atoms with Crippen LogP contribution in [-0.4, -0.2) is 39.8 Å². The van der Waals surface area contributed by atoms with E-state index in [2.05, 4.69) is 66.2 Å². The Labute approximate surface area is 178 Å². The number of nitrogens with zero attached hydrogens (tertiary/aromatic N) is 3.